The number of hydrogen-bond donors (Lipinski definition) is 1. The molecule has 0 aliphatic carbocycles. The molecule has 0 aliphatic heterocycles. The summed E-state index contributed by atoms with van der Waals surface area (Å²) in [6, 6.07) is 6.12. The molecule has 5 nitrogen and oxygen atoms in total. The van der Waals surface area contributed by atoms with E-state index in [1.165, 1.54) is 18.2 Å². The van der Waals surface area contributed by atoms with Crippen LogP contribution in [0, 0.1) is 15.5 Å². The number of carbonyl (C=O) groups is 1. The zero-order valence-corrected chi connectivity index (χ0v) is 10.1. The summed E-state index contributed by atoms with van der Waals surface area (Å²) in [7, 11) is 0. The van der Waals surface area contributed by atoms with Gasteiger partial charge in [0.15, 0.2) is 0 Å². The highest BCUT2D eigenvalue weighted by atomic mass is 16.6. The number of nitro groups is 1. The number of hydrogen-bond acceptors (Lipinski definition) is 3. The molecule has 1 atom stereocenters. The highest BCUT2D eigenvalue weighted by Gasteiger charge is 2.28. The summed E-state index contributed by atoms with van der Waals surface area (Å²) in [4.78, 5) is 21.1. The van der Waals surface area contributed by atoms with Crippen LogP contribution in [0.3, 0.4) is 0 Å². The highest BCUT2D eigenvalue weighted by Crippen LogP contribution is 2.25. The molecular weight excluding hydrogens is 234 g/mol. The zero-order valence-electron chi connectivity index (χ0n) is 10.1. The van der Waals surface area contributed by atoms with Crippen LogP contribution in [0.25, 0.3) is 0 Å². The van der Waals surface area contributed by atoms with Crippen molar-refractivity contribution in [1.82, 2.24) is 0 Å². The number of non-ortho nitro benzene ring substituents is 1. The second kappa shape index (κ2) is 5.44. The second-order valence-electron chi connectivity index (χ2n) is 4.35. The minimum absolute atomic E-state index is 0.0310. The Bertz CT molecular complexity index is 466. The number of aryl methyl sites for hydroxylation is 1. The van der Waals surface area contributed by atoms with Gasteiger partial charge < -0.3 is 5.11 Å². The summed E-state index contributed by atoms with van der Waals surface area (Å²) in [6.45, 7) is 5.14. The quantitative estimate of drug-likeness (QED) is 0.477. The summed E-state index contributed by atoms with van der Waals surface area (Å²) in [5.41, 5.74) is -0.0692. The van der Waals surface area contributed by atoms with Crippen LogP contribution < -0.4 is 0 Å². The van der Waals surface area contributed by atoms with E-state index in [2.05, 4.69) is 6.58 Å². The molecule has 1 unspecified atom stereocenters. The molecule has 0 aromatic heterocycles. The molecule has 0 saturated carbocycles. The lowest BCUT2D eigenvalue weighted by Gasteiger charge is -2.19. The number of rotatable bonds is 6. The number of benzene rings is 1. The summed E-state index contributed by atoms with van der Waals surface area (Å²) in [5, 5.41) is 19.5. The second-order valence-corrected chi connectivity index (χ2v) is 4.35. The van der Waals surface area contributed by atoms with Crippen molar-refractivity contribution in [3.63, 3.8) is 0 Å². The van der Waals surface area contributed by atoms with E-state index in [9.17, 15) is 14.9 Å². The van der Waals surface area contributed by atoms with Crippen molar-refractivity contribution in [3.8, 4) is 0 Å². The Morgan fingerprint density at radius 1 is 1.50 bits per heavy atom. The van der Waals surface area contributed by atoms with Gasteiger partial charge in [-0.1, -0.05) is 18.2 Å². The Labute approximate surface area is 105 Å². The summed E-state index contributed by atoms with van der Waals surface area (Å²) in [5.74, 6) is -0.917. The molecule has 0 amide bonds. The predicted molar refractivity (Wildman–Crippen MR) is 67.4 cm³/mol. The first-order valence-electron chi connectivity index (χ1n) is 5.49. The summed E-state index contributed by atoms with van der Waals surface area (Å²) in [6.07, 6.45) is 2.36. The molecule has 5 heteroatoms. The van der Waals surface area contributed by atoms with Crippen LogP contribution in [-0.2, 0) is 11.2 Å². The molecule has 1 rings (SSSR count). The smallest absolute Gasteiger partial charge is 0.313 e. The van der Waals surface area contributed by atoms with E-state index in [0.717, 1.165) is 5.56 Å². The average molecular weight is 249 g/mol. The molecule has 96 valence electrons. The van der Waals surface area contributed by atoms with E-state index in [1.54, 1.807) is 19.1 Å². The van der Waals surface area contributed by atoms with Crippen molar-refractivity contribution in [2.45, 2.75) is 19.8 Å². The number of nitro benzene ring substituents is 1. The monoisotopic (exact) mass is 249 g/mol. The minimum Gasteiger partial charge on any atom is -0.481 e. The van der Waals surface area contributed by atoms with Crippen LogP contribution >= 0.6 is 0 Å². The SMILES string of the molecule is C=CC(C)(CCc1ccc([N+](=O)[O-])cc1)C(=O)O. The lowest BCUT2D eigenvalue weighted by Crippen LogP contribution is -2.25. The Morgan fingerprint density at radius 2 is 2.06 bits per heavy atom. The van der Waals surface area contributed by atoms with Crippen molar-refractivity contribution < 1.29 is 14.8 Å². The lowest BCUT2D eigenvalue weighted by molar-refractivity contribution is -0.384. The number of carboxylic acids is 1. The van der Waals surface area contributed by atoms with Crippen molar-refractivity contribution in [2.24, 2.45) is 5.41 Å². The van der Waals surface area contributed by atoms with Crippen molar-refractivity contribution >= 4 is 11.7 Å². The van der Waals surface area contributed by atoms with Crippen LogP contribution in [0.1, 0.15) is 18.9 Å². The number of aliphatic carboxylic acids is 1. The fraction of sp³-hybridized carbons (Fsp3) is 0.308. The maximum Gasteiger partial charge on any atom is 0.313 e. The predicted octanol–water partition coefficient (Wildman–Crippen LogP) is 2.80. The van der Waals surface area contributed by atoms with Gasteiger partial charge in [0.1, 0.15) is 0 Å². The molecule has 1 aromatic carbocycles. The lowest BCUT2D eigenvalue weighted by atomic mass is 9.84. The van der Waals surface area contributed by atoms with Crippen molar-refractivity contribution in [3.05, 3.63) is 52.6 Å². The first kappa shape index (κ1) is 13.9. The first-order chi connectivity index (χ1) is 8.39. The maximum absolute atomic E-state index is 11.1. The molecule has 0 spiro atoms. The third-order valence-electron chi connectivity index (χ3n) is 3.02. The maximum atomic E-state index is 11.1. The van der Waals surface area contributed by atoms with E-state index in [1.807, 2.05) is 0 Å². The fourth-order valence-corrected chi connectivity index (χ4v) is 1.48. The first-order valence-corrected chi connectivity index (χ1v) is 5.49. The van der Waals surface area contributed by atoms with E-state index >= 15 is 0 Å². The molecule has 0 aliphatic rings. The Balaban J connectivity index is 2.72. The molecule has 0 radical (unpaired) electrons. The van der Waals surface area contributed by atoms with Gasteiger partial charge in [-0.25, -0.2) is 0 Å². The van der Waals surface area contributed by atoms with E-state index in [-0.39, 0.29) is 5.69 Å². The molecule has 1 N–H and O–H groups in total. The van der Waals surface area contributed by atoms with Crippen LogP contribution in [0.5, 0.6) is 0 Å². The van der Waals surface area contributed by atoms with E-state index < -0.39 is 16.3 Å². The molecule has 0 bridgehead atoms. The molecular formula is C13H15NO4. The van der Waals surface area contributed by atoms with Crippen LogP contribution in [0.4, 0.5) is 5.69 Å². The van der Waals surface area contributed by atoms with Gasteiger partial charge >= 0.3 is 5.97 Å². The molecule has 0 fully saturated rings. The van der Waals surface area contributed by atoms with Crippen LogP contribution in [0.2, 0.25) is 0 Å². The summed E-state index contributed by atoms with van der Waals surface area (Å²) >= 11 is 0. The van der Waals surface area contributed by atoms with Gasteiger partial charge in [-0.2, -0.15) is 0 Å². The van der Waals surface area contributed by atoms with Crippen molar-refractivity contribution in [2.75, 3.05) is 0 Å². The Hall–Kier alpha value is -2.17. The van der Waals surface area contributed by atoms with Gasteiger partial charge in [0.05, 0.1) is 10.3 Å². The van der Waals surface area contributed by atoms with Crippen LogP contribution in [-0.4, -0.2) is 16.0 Å². The molecule has 1 aromatic rings. The molecule has 0 heterocycles. The van der Waals surface area contributed by atoms with Gasteiger partial charge in [0.2, 0.25) is 0 Å². The third kappa shape index (κ3) is 3.16. The zero-order chi connectivity index (χ0) is 13.8. The largest absolute Gasteiger partial charge is 0.481 e. The fourth-order valence-electron chi connectivity index (χ4n) is 1.48. The third-order valence-corrected chi connectivity index (χ3v) is 3.02. The molecule has 18 heavy (non-hydrogen) atoms. The molecule has 0 saturated heterocycles. The van der Waals surface area contributed by atoms with Crippen molar-refractivity contribution in [1.29, 1.82) is 0 Å². The Morgan fingerprint density at radius 3 is 2.44 bits per heavy atom. The topological polar surface area (TPSA) is 80.4 Å². The number of carboxylic acid groups (broad SMARTS) is 1. The van der Waals surface area contributed by atoms with Crippen LogP contribution in [0.15, 0.2) is 36.9 Å². The van der Waals surface area contributed by atoms with E-state index in [4.69, 9.17) is 5.11 Å². The highest BCUT2D eigenvalue weighted by molar-refractivity contribution is 5.76. The van der Waals surface area contributed by atoms with Gasteiger partial charge in [-0.15, -0.1) is 6.58 Å². The number of nitrogens with zero attached hydrogens (tertiary/aromatic N) is 1. The summed E-state index contributed by atoms with van der Waals surface area (Å²) < 4.78 is 0. The minimum atomic E-state index is -0.970. The van der Waals surface area contributed by atoms with Gasteiger partial charge in [-0.3, -0.25) is 14.9 Å². The van der Waals surface area contributed by atoms with Gasteiger partial charge in [-0.05, 0) is 25.3 Å². The standard InChI is InChI=1S/C13H15NO4/c1-3-13(2,12(15)16)9-8-10-4-6-11(7-5-10)14(17)18/h3-7H,1,8-9H2,2H3,(H,15,16). The van der Waals surface area contributed by atoms with Gasteiger partial charge in [0.25, 0.3) is 5.69 Å². The van der Waals surface area contributed by atoms with Gasteiger partial charge in [0, 0.05) is 12.1 Å². The normalized spacial score (nSPS) is 13.6. The van der Waals surface area contributed by atoms with E-state index in [0.29, 0.717) is 12.8 Å². The Kier molecular flexibility index (Phi) is 4.20. The average Bonchev–Trinajstić information content (AvgIpc) is 2.36.